The monoisotopic (exact) mass is 224 g/mol. The molecule has 0 atom stereocenters. The topological polar surface area (TPSA) is 26.3 Å². The summed E-state index contributed by atoms with van der Waals surface area (Å²) < 4.78 is 4.57. The Bertz CT molecular complexity index is 239. The molecule has 0 N–H and O–H groups in total. The SMILES string of the molecule is CCCCCC=CCC(C)=CCC(=O)OC. The number of allylic oxidation sites excluding steroid dienone is 3. The average molecular weight is 224 g/mol. The van der Waals surface area contributed by atoms with Crippen LogP contribution >= 0.6 is 0 Å². The molecule has 92 valence electrons. The maximum atomic E-state index is 10.9. The molecule has 0 bridgehead atoms. The fourth-order valence-electron chi connectivity index (χ4n) is 1.32. The van der Waals surface area contributed by atoms with Gasteiger partial charge in [-0.2, -0.15) is 0 Å². The number of rotatable bonds is 8. The van der Waals surface area contributed by atoms with Gasteiger partial charge in [-0.1, -0.05) is 43.6 Å². The number of methoxy groups -OCH3 is 1. The lowest BCUT2D eigenvalue weighted by Gasteiger charge is -1.97. The van der Waals surface area contributed by atoms with E-state index in [1.807, 2.05) is 13.0 Å². The summed E-state index contributed by atoms with van der Waals surface area (Å²) in [6.07, 6.45) is 12.7. The van der Waals surface area contributed by atoms with Gasteiger partial charge in [-0.15, -0.1) is 0 Å². The van der Waals surface area contributed by atoms with E-state index in [1.54, 1.807) is 0 Å². The summed E-state index contributed by atoms with van der Waals surface area (Å²) in [7, 11) is 1.42. The molecule has 0 aliphatic heterocycles. The van der Waals surface area contributed by atoms with Crippen LogP contribution in [0, 0.1) is 0 Å². The zero-order valence-corrected chi connectivity index (χ0v) is 10.8. The van der Waals surface area contributed by atoms with Gasteiger partial charge in [-0.3, -0.25) is 4.79 Å². The van der Waals surface area contributed by atoms with Crippen LogP contribution in [0.4, 0.5) is 0 Å². The highest BCUT2D eigenvalue weighted by Gasteiger charge is 1.95. The fraction of sp³-hybridized carbons (Fsp3) is 0.643. The van der Waals surface area contributed by atoms with Gasteiger partial charge in [0.15, 0.2) is 0 Å². The largest absolute Gasteiger partial charge is 0.469 e. The number of carbonyl (C=O) groups excluding carboxylic acids is 1. The van der Waals surface area contributed by atoms with Gasteiger partial charge in [-0.25, -0.2) is 0 Å². The molecule has 0 rings (SSSR count). The second kappa shape index (κ2) is 10.5. The van der Waals surface area contributed by atoms with Crippen LogP contribution in [0.1, 0.15) is 52.4 Å². The summed E-state index contributed by atoms with van der Waals surface area (Å²) in [6.45, 7) is 4.25. The molecule has 0 aliphatic rings. The standard InChI is InChI=1S/C14H24O2/c1-4-5-6-7-8-9-10-13(2)11-12-14(15)16-3/h8-9,11H,4-7,10,12H2,1-3H3. The van der Waals surface area contributed by atoms with Crippen molar-refractivity contribution < 1.29 is 9.53 Å². The van der Waals surface area contributed by atoms with E-state index >= 15 is 0 Å². The van der Waals surface area contributed by atoms with Gasteiger partial charge in [0.25, 0.3) is 0 Å². The Labute approximate surface area is 99.4 Å². The molecule has 0 saturated carbocycles. The molecule has 0 fully saturated rings. The minimum absolute atomic E-state index is 0.175. The van der Waals surface area contributed by atoms with Crippen LogP contribution in [0.5, 0.6) is 0 Å². The number of hydrogen-bond donors (Lipinski definition) is 0. The van der Waals surface area contributed by atoms with E-state index in [1.165, 1.54) is 31.9 Å². The summed E-state index contributed by atoms with van der Waals surface area (Å²) in [5.74, 6) is -0.175. The molecule has 16 heavy (non-hydrogen) atoms. The molecule has 0 unspecified atom stereocenters. The highest BCUT2D eigenvalue weighted by molar-refractivity contribution is 5.71. The first kappa shape index (κ1) is 14.9. The summed E-state index contributed by atoms with van der Waals surface area (Å²) >= 11 is 0. The minimum Gasteiger partial charge on any atom is -0.469 e. The maximum absolute atomic E-state index is 10.9. The molecule has 0 aromatic rings. The van der Waals surface area contributed by atoms with Crippen molar-refractivity contribution in [2.45, 2.75) is 52.4 Å². The smallest absolute Gasteiger partial charge is 0.309 e. The van der Waals surface area contributed by atoms with Gasteiger partial charge >= 0.3 is 5.97 Å². The van der Waals surface area contributed by atoms with E-state index in [-0.39, 0.29) is 5.97 Å². The molecule has 0 heterocycles. The van der Waals surface area contributed by atoms with E-state index in [4.69, 9.17) is 0 Å². The Morgan fingerprint density at radius 3 is 2.56 bits per heavy atom. The number of hydrogen-bond acceptors (Lipinski definition) is 2. The number of carbonyl (C=O) groups is 1. The number of ether oxygens (including phenoxy) is 1. The van der Waals surface area contributed by atoms with Gasteiger partial charge < -0.3 is 4.74 Å². The highest BCUT2D eigenvalue weighted by atomic mass is 16.5. The molecule has 0 amide bonds. The zero-order chi connectivity index (χ0) is 12.2. The molecule has 0 aromatic heterocycles. The lowest BCUT2D eigenvalue weighted by atomic mass is 10.1. The third kappa shape index (κ3) is 9.50. The van der Waals surface area contributed by atoms with Gasteiger partial charge in [0, 0.05) is 0 Å². The molecule has 0 aliphatic carbocycles. The normalized spacial score (nSPS) is 12.1. The van der Waals surface area contributed by atoms with Crippen molar-refractivity contribution in [1.29, 1.82) is 0 Å². The Kier molecular flexibility index (Phi) is 9.78. The average Bonchev–Trinajstić information content (AvgIpc) is 2.30. The van der Waals surface area contributed by atoms with Crippen molar-refractivity contribution in [3.05, 3.63) is 23.8 Å². The van der Waals surface area contributed by atoms with Crippen molar-refractivity contribution >= 4 is 5.97 Å². The Morgan fingerprint density at radius 2 is 1.94 bits per heavy atom. The van der Waals surface area contributed by atoms with E-state index in [2.05, 4.69) is 23.8 Å². The predicted molar refractivity (Wildman–Crippen MR) is 68.3 cm³/mol. The second-order valence-corrected chi connectivity index (χ2v) is 4.00. The quantitative estimate of drug-likeness (QED) is 0.353. The molecule has 0 saturated heterocycles. The van der Waals surface area contributed by atoms with E-state index in [0.717, 1.165) is 12.8 Å². The van der Waals surface area contributed by atoms with Gasteiger partial charge in [0.2, 0.25) is 0 Å². The van der Waals surface area contributed by atoms with Crippen LogP contribution in [-0.2, 0) is 9.53 Å². The van der Waals surface area contributed by atoms with Gasteiger partial charge in [-0.05, 0) is 26.2 Å². The van der Waals surface area contributed by atoms with Crippen LogP contribution in [0.3, 0.4) is 0 Å². The molecule has 0 aromatic carbocycles. The van der Waals surface area contributed by atoms with E-state index < -0.39 is 0 Å². The van der Waals surface area contributed by atoms with Crippen molar-refractivity contribution in [3.63, 3.8) is 0 Å². The predicted octanol–water partition coefficient (Wildman–Crippen LogP) is 4.02. The third-order valence-corrected chi connectivity index (χ3v) is 2.43. The molecular formula is C14H24O2. The molecule has 0 radical (unpaired) electrons. The Balaban J connectivity index is 3.62. The molecule has 2 heteroatoms. The lowest BCUT2D eigenvalue weighted by Crippen LogP contribution is -1.97. The van der Waals surface area contributed by atoms with E-state index in [9.17, 15) is 4.79 Å². The summed E-state index contributed by atoms with van der Waals surface area (Å²) in [6, 6.07) is 0. The van der Waals surface area contributed by atoms with Gasteiger partial charge in [0.1, 0.15) is 0 Å². The van der Waals surface area contributed by atoms with Crippen LogP contribution in [-0.4, -0.2) is 13.1 Å². The number of unbranched alkanes of at least 4 members (excludes halogenated alkanes) is 3. The highest BCUT2D eigenvalue weighted by Crippen LogP contribution is 2.05. The van der Waals surface area contributed by atoms with Crippen LogP contribution in [0.15, 0.2) is 23.8 Å². The van der Waals surface area contributed by atoms with Crippen molar-refractivity contribution in [3.8, 4) is 0 Å². The van der Waals surface area contributed by atoms with Crippen molar-refractivity contribution in [2.75, 3.05) is 7.11 Å². The van der Waals surface area contributed by atoms with Crippen molar-refractivity contribution in [1.82, 2.24) is 0 Å². The summed E-state index contributed by atoms with van der Waals surface area (Å²) in [5, 5.41) is 0. The van der Waals surface area contributed by atoms with Crippen LogP contribution in [0.25, 0.3) is 0 Å². The first-order valence-corrected chi connectivity index (χ1v) is 6.08. The molecular weight excluding hydrogens is 200 g/mol. The summed E-state index contributed by atoms with van der Waals surface area (Å²) in [5.41, 5.74) is 1.22. The zero-order valence-electron chi connectivity index (χ0n) is 10.8. The maximum Gasteiger partial charge on any atom is 0.309 e. The van der Waals surface area contributed by atoms with Crippen LogP contribution in [0.2, 0.25) is 0 Å². The third-order valence-electron chi connectivity index (χ3n) is 2.43. The first-order valence-electron chi connectivity index (χ1n) is 6.08. The van der Waals surface area contributed by atoms with Gasteiger partial charge in [0.05, 0.1) is 13.5 Å². The Hall–Kier alpha value is -1.05. The lowest BCUT2D eigenvalue weighted by molar-refractivity contribution is -0.139. The second-order valence-electron chi connectivity index (χ2n) is 4.00. The van der Waals surface area contributed by atoms with E-state index in [0.29, 0.717) is 6.42 Å². The summed E-state index contributed by atoms with van der Waals surface area (Å²) in [4.78, 5) is 10.9. The Morgan fingerprint density at radius 1 is 1.19 bits per heavy atom. The number of esters is 1. The molecule has 2 nitrogen and oxygen atoms in total. The fourth-order valence-corrected chi connectivity index (χ4v) is 1.32. The first-order chi connectivity index (χ1) is 7.70. The van der Waals surface area contributed by atoms with Crippen LogP contribution < -0.4 is 0 Å². The van der Waals surface area contributed by atoms with Crippen molar-refractivity contribution in [2.24, 2.45) is 0 Å². The molecule has 0 spiro atoms. The minimum atomic E-state index is -0.175.